The number of amides is 1. The van der Waals surface area contributed by atoms with E-state index in [0.29, 0.717) is 35.7 Å². The van der Waals surface area contributed by atoms with Crippen molar-refractivity contribution in [2.24, 2.45) is 0 Å². The third-order valence-corrected chi connectivity index (χ3v) is 6.28. The highest BCUT2D eigenvalue weighted by Crippen LogP contribution is 2.18. The standard InChI is InChI=1S/C17H20FN3O4S/c1-12-16(13(2)25-19-12)17(22)20-7-9-21(10-8-20)26(23,24)11-14-3-5-15(18)6-4-14/h3-6H,7-11H2,1-2H3. The molecule has 0 N–H and O–H groups in total. The lowest BCUT2D eigenvalue weighted by molar-refractivity contribution is 0.0695. The number of hydrogen-bond donors (Lipinski definition) is 0. The fraction of sp³-hybridized carbons (Fsp3) is 0.412. The lowest BCUT2D eigenvalue weighted by Crippen LogP contribution is -2.50. The van der Waals surface area contributed by atoms with Crippen LogP contribution in [0.1, 0.15) is 27.4 Å². The van der Waals surface area contributed by atoms with E-state index in [2.05, 4.69) is 5.16 Å². The first-order valence-electron chi connectivity index (χ1n) is 8.22. The van der Waals surface area contributed by atoms with Gasteiger partial charge in [0.25, 0.3) is 5.91 Å². The first-order valence-corrected chi connectivity index (χ1v) is 9.83. The van der Waals surface area contributed by atoms with E-state index in [1.165, 1.54) is 28.6 Å². The van der Waals surface area contributed by atoms with Crippen LogP contribution in [0.4, 0.5) is 4.39 Å². The van der Waals surface area contributed by atoms with Crippen molar-refractivity contribution in [1.82, 2.24) is 14.4 Å². The molecular weight excluding hydrogens is 361 g/mol. The average Bonchev–Trinajstić information content (AvgIpc) is 2.95. The van der Waals surface area contributed by atoms with Gasteiger partial charge in [0, 0.05) is 26.2 Å². The molecule has 0 radical (unpaired) electrons. The molecule has 1 saturated heterocycles. The summed E-state index contributed by atoms with van der Waals surface area (Å²) in [6, 6.07) is 5.41. The number of hydrogen-bond acceptors (Lipinski definition) is 5. The minimum Gasteiger partial charge on any atom is -0.361 e. The summed E-state index contributed by atoms with van der Waals surface area (Å²) in [6.45, 7) is 4.41. The van der Waals surface area contributed by atoms with Crippen molar-refractivity contribution in [3.05, 3.63) is 52.7 Å². The maximum absolute atomic E-state index is 13.0. The van der Waals surface area contributed by atoms with Gasteiger partial charge in [-0.25, -0.2) is 12.8 Å². The molecule has 140 valence electrons. The predicted molar refractivity (Wildman–Crippen MR) is 92.5 cm³/mol. The summed E-state index contributed by atoms with van der Waals surface area (Å²) in [5, 5.41) is 3.78. The highest BCUT2D eigenvalue weighted by Gasteiger charge is 2.31. The molecule has 2 aromatic rings. The van der Waals surface area contributed by atoms with Gasteiger partial charge in [-0.2, -0.15) is 4.31 Å². The maximum Gasteiger partial charge on any atom is 0.259 e. The Morgan fingerprint density at radius 3 is 2.31 bits per heavy atom. The Labute approximate surface area is 151 Å². The third-order valence-electron chi connectivity index (χ3n) is 4.43. The smallest absolute Gasteiger partial charge is 0.259 e. The number of halogens is 1. The Bertz CT molecular complexity index is 881. The van der Waals surface area contributed by atoms with Crippen LogP contribution in [-0.4, -0.2) is 54.9 Å². The molecule has 1 aliphatic rings. The highest BCUT2D eigenvalue weighted by molar-refractivity contribution is 7.88. The number of aryl methyl sites for hydroxylation is 2. The number of benzene rings is 1. The fourth-order valence-corrected chi connectivity index (χ4v) is 4.51. The van der Waals surface area contributed by atoms with Gasteiger partial charge in [-0.1, -0.05) is 17.3 Å². The molecule has 1 aromatic carbocycles. The minimum atomic E-state index is -3.53. The third kappa shape index (κ3) is 3.78. The molecule has 9 heteroatoms. The molecule has 1 amide bonds. The van der Waals surface area contributed by atoms with Crippen LogP contribution >= 0.6 is 0 Å². The highest BCUT2D eigenvalue weighted by atomic mass is 32.2. The first-order chi connectivity index (χ1) is 12.3. The molecular formula is C17H20FN3O4S. The van der Waals surface area contributed by atoms with Crippen LogP contribution in [0.25, 0.3) is 0 Å². The minimum absolute atomic E-state index is 0.189. The summed E-state index contributed by atoms with van der Waals surface area (Å²) in [4.78, 5) is 14.2. The number of rotatable bonds is 4. The van der Waals surface area contributed by atoms with Gasteiger partial charge in [0.1, 0.15) is 17.1 Å². The topological polar surface area (TPSA) is 83.7 Å². The summed E-state index contributed by atoms with van der Waals surface area (Å²) in [6.07, 6.45) is 0. The lowest BCUT2D eigenvalue weighted by Gasteiger charge is -2.34. The van der Waals surface area contributed by atoms with Crippen molar-refractivity contribution in [3.8, 4) is 0 Å². The molecule has 26 heavy (non-hydrogen) atoms. The quantitative estimate of drug-likeness (QED) is 0.805. The summed E-state index contributed by atoms with van der Waals surface area (Å²) >= 11 is 0. The van der Waals surface area contributed by atoms with E-state index in [1.54, 1.807) is 18.7 Å². The van der Waals surface area contributed by atoms with Crippen molar-refractivity contribution >= 4 is 15.9 Å². The lowest BCUT2D eigenvalue weighted by atomic mass is 10.1. The SMILES string of the molecule is Cc1noc(C)c1C(=O)N1CCN(S(=O)(=O)Cc2ccc(F)cc2)CC1. The van der Waals surface area contributed by atoms with Crippen LogP contribution < -0.4 is 0 Å². The monoisotopic (exact) mass is 381 g/mol. The maximum atomic E-state index is 13.0. The molecule has 1 aliphatic heterocycles. The van der Waals surface area contributed by atoms with Crippen LogP contribution in [0, 0.1) is 19.7 Å². The van der Waals surface area contributed by atoms with Gasteiger partial charge < -0.3 is 9.42 Å². The Kier molecular flexibility index (Phi) is 5.10. The zero-order valence-electron chi connectivity index (χ0n) is 14.6. The van der Waals surface area contributed by atoms with Crippen molar-refractivity contribution in [2.75, 3.05) is 26.2 Å². The van der Waals surface area contributed by atoms with Crippen molar-refractivity contribution in [3.63, 3.8) is 0 Å². The second kappa shape index (κ2) is 7.16. The average molecular weight is 381 g/mol. The van der Waals surface area contributed by atoms with E-state index in [9.17, 15) is 17.6 Å². The summed E-state index contributed by atoms with van der Waals surface area (Å²) in [7, 11) is -3.53. The summed E-state index contributed by atoms with van der Waals surface area (Å²) in [5.74, 6) is -0.334. The van der Waals surface area contributed by atoms with E-state index in [0.717, 1.165) is 0 Å². The molecule has 3 rings (SSSR count). The van der Waals surface area contributed by atoms with Crippen LogP contribution in [0.5, 0.6) is 0 Å². The Morgan fingerprint density at radius 2 is 1.77 bits per heavy atom. The van der Waals surface area contributed by atoms with E-state index in [4.69, 9.17) is 4.52 Å². The van der Waals surface area contributed by atoms with Gasteiger partial charge in [0.05, 0.1) is 11.4 Å². The van der Waals surface area contributed by atoms with Crippen molar-refractivity contribution in [1.29, 1.82) is 0 Å². The van der Waals surface area contributed by atoms with Crippen LogP contribution in [-0.2, 0) is 15.8 Å². The second-order valence-corrected chi connectivity index (χ2v) is 8.24. The number of sulfonamides is 1. The Balaban J connectivity index is 1.64. The van der Waals surface area contributed by atoms with E-state index < -0.39 is 15.8 Å². The molecule has 0 bridgehead atoms. The molecule has 2 heterocycles. The van der Waals surface area contributed by atoms with Gasteiger partial charge in [0.2, 0.25) is 10.0 Å². The largest absolute Gasteiger partial charge is 0.361 e. The number of aromatic nitrogens is 1. The van der Waals surface area contributed by atoms with Gasteiger partial charge in [0.15, 0.2) is 0 Å². The molecule has 0 spiro atoms. The van der Waals surface area contributed by atoms with Crippen molar-refractivity contribution < 1.29 is 22.1 Å². The van der Waals surface area contributed by atoms with Gasteiger partial charge >= 0.3 is 0 Å². The summed E-state index contributed by atoms with van der Waals surface area (Å²) < 4.78 is 44.5. The Hall–Kier alpha value is -2.26. The molecule has 0 unspecified atom stereocenters. The Morgan fingerprint density at radius 1 is 1.15 bits per heavy atom. The van der Waals surface area contributed by atoms with E-state index in [1.807, 2.05) is 0 Å². The first kappa shape index (κ1) is 18.5. The predicted octanol–water partition coefficient (Wildman–Crippen LogP) is 1.72. The second-order valence-electron chi connectivity index (χ2n) is 6.27. The van der Waals surface area contributed by atoms with Gasteiger partial charge in [-0.05, 0) is 31.5 Å². The number of carbonyl (C=O) groups is 1. The van der Waals surface area contributed by atoms with Gasteiger partial charge in [-0.3, -0.25) is 4.79 Å². The zero-order valence-corrected chi connectivity index (χ0v) is 15.4. The molecule has 1 aromatic heterocycles. The van der Waals surface area contributed by atoms with Crippen LogP contribution in [0.15, 0.2) is 28.8 Å². The molecule has 7 nitrogen and oxygen atoms in total. The molecule has 1 fully saturated rings. The van der Waals surface area contributed by atoms with E-state index >= 15 is 0 Å². The van der Waals surface area contributed by atoms with Crippen molar-refractivity contribution in [2.45, 2.75) is 19.6 Å². The number of piperazine rings is 1. The fourth-order valence-electron chi connectivity index (χ4n) is 3.00. The normalized spacial score (nSPS) is 16.0. The van der Waals surface area contributed by atoms with Gasteiger partial charge in [-0.15, -0.1) is 0 Å². The molecule has 0 saturated carbocycles. The number of carbonyl (C=O) groups excluding carboxylic acids is 1. The summed E-state index contributed by atoms with van der Waals surface area (Å²) in [5.41, 5.74) is 1.49. The molecule has 0 atom stereocenters. The van der Waals surface area contributed by atoms with Crippen LogP contribution in [0.3, 0.4) is 0 Å². The zero-order chi connectivity index (χ0) is 18.9. The number of nitrogens with zero attached hydrogens (tertiary/aromatic N) is 3. The van der Waals surface area contributed by atoms with E-state index in [-0.39, 0.29) is 24.7 Å². The van der Waals surface area contributed by atoms with Crippen LogP contribution in [0.2, 0.25) is 0 Å². The molecule has 0 aliphatic carbocycles.